The molecule has 7 rings (SSSR count). The number of hydrogen-bond donors (Lipinski definition) is 8. The number of esters is 3. The molecule has 7 unspecified atom stereocenters. The first kappa shape index (κ1) is 69.4. The van der Waals surface area contributed by atoms with Crippen molar-refractivity contribution in [3.63, 3.8) is 0 Å². The fourth-order valence-corrected chi connectivity index (χ4v) is 17.5. The van der Waals surface area contributed by atoms with E-state index in [0.717, 1.165) is 31.9 Å². The monoisotopic (exact) mass is 1260 g/mol. The van der Waals surface area contributed by atoms with Gasteiger partial charge in [-0.15, -0.1) is 0 Å². The molecule has 0 bridgehead atoms. The van der Waals surface area contributed by atoms with Crippen LogP contribution in [-0.4, -0.2) is 210 Å². The van der Waals surface area contributed by atoms with Crippen LogP contribution in [0.15, 0.2) is 11.6 Å². The Kier molecular flexibility index (Phi) is 22.5. The van der Waals surface area contributed by atoms with Crippen molar-refractivity contribution in [1.29, 1.82) is 0 Å². The Labute approximate surface area is 512 Å². The van der Waals surface area contributed by atoms with Crippen LogP contribution >= 0.6 is 35.3 Å². The van der Waals surface area contributed by atoms with Crippen LogP contribution in [0.25, 0.3) is 0 Å². The minimum absolute atomic E-state index is 0.0464. The number of hydrogen-bond acceptors (Lipinski definition) is 22. The second-order valence-corrected chi connectivity index (χ2v) is 29.7. The van der Waals surface area contributed by atoms with Crippen molar-refractivity contribution in [2.24, 2.45) is 50.2 Å². The first-order valence-electron chi connectivity index (χ1n) is 29.8. The van der Waals surface area contributed by atoms with E-state index in [2.05, 4.69) is 43.6 Å². The van der Waals surface area contributed by atoms with Crippen LogP contribution < -0.4 is 16.0 Å². The van der Waals surface area contributed by atoms with Gasteiger partial charge in [-0.2, -0.15) is 35.3 Å². The predicted molar refractivity (Wildman–Crippen MR) is 317 cm³/mol. The normalized spacial score (nSPS) is 40.4. The van der Waals surface area contributed by atoms with Crippen molar-refractivity contribution in [1.82, 2.24) is 16.0 Å². The molecule has 22 nitrogen and oxygen atoms in total. The third-order valence-corrected chi connectivity index (χ3v) is 23.4. The lowest BCUT2D eigenvalue weighted by molar-refractivity contribution is -0.369. The number of rotatable bonds is 22. The molecule has 0 spiro atoms. The fraction of sp³-hybridized carbons (Fsp3) is 0.850. The average Bonchev–Trinajstić information content (AvgIpc) is 0.688. The molecule has 0 aromatic carbocycles. The van der Waals surface area contributed by atoms with E-state index in [9.17, 15) is 54.3 Å². The van der Waals surface area contributed by atoms with Crippen LogP contribution in [0.3, 0.4) is 0 Å². The van der Waals surface area contributed by atoms with E-state index < -0.39 is 148 Å². The van der Waals surface area contributed by atoms with Crippen molar-refractivity contribution < 1.29 is 92.3 Å². The molecule has 25 heteroatoms. The van der Waals surface area contributed by atoms with E-state index >= 15 is 4.79 Å². The van der Waals surface area contributed by atoms with Crippen LogP contribution in [-0.2, 0) is 66.7 Å². The van der Waals surface area contributed by atoms with Gasteiger partial charge in [-0.05, 0) is 158 Å². The van der Waals surface area contributed by atoms with Gasteiger partial charge in [0.2, 0.25) is 5.91 Å². The second kappa shape index (κ2) is 27.6. The largest absolute Gasteiger partial charge is 0.467 e. The number of amides is 3. The molecule has 8 N–H and O–H groups in total. The Morgan fingerprint density at radius 3 is 1.62 bits per heavy atom. The zero-order valence-electron chi connectivity index (χ0n) is 51.7. The number of ketones is 1. The topological polar surface area (TPSA) is 321 Å². The number of thioether (sulfide) groups is 3. The third-order valence-electron chi connectivity index (χ3n) is 21.5. The number of aliphatic hydroxyl groups is 5. The van der Waals surface area contributed by atoms with Crippen molar-refractivity contribution in [3.05, 3.63) is 11.6 Å². The maximum atomic E-state index is 15.5. The van der Waals surface area contributed by atoms with Crippen molar-refractivity contribution in [2.75, 3.05) is 57.4 Å². The van der Waals surface area contributed by atoms with Gasteiger partial charge in [-0.1, -0.05) is 54.0 Å². The van der Waals surface area contributed by atoms with Crippen LogP contribution in [0.4, 0.5) is 0 Å². The van der Waals surface area contributed by atoms with Crippen LogP contribution in [0, 0.1) is 50.2 Å². The summed E-state index contributed by atoms with van der Waals surface area (Å²) in [5.74, 6) is -3.30. The van der Waals surface area contributed by atoms with Crippen LogP contribution in [0.5, 0.6) is 0 Å². The minimum atomic E-state index is -2.09. The molecule has 0 aromatic heterocycles. The summed E-state index contributed by atoms with van der Waals surface area (Å²) in [6.07, 6.45) is -6.42. The Bertz CT molecular complexity index is 2490. The summed E-state index contributed by atoms with van der Waals surface area (Å²) in [5.41, 5.74) is -2.13. The number of ether oxygens (including phenoxy) is 7. The molecular formula is C60H95N3O19S3. The highest BCUT2D eigenvalue weighted by Gasteiger charge is 2.71. The van der Waals surface area contributed by atoms with Crippen molar-refractivity contribution in [3.8, 4) is 0 Å². The highest BCUT2D eigenvalue weighted by molar-refractivity contribution is 7.98. The molecule has 22 atom stereocenters. The van der Waals surface area contributed by atoms with E-state index in [1.54, 1.807) is 18.0 Å². The molecule has 2 heterocycles. The Morgan fingerprint density at radius 2 is 1.11 bits per heavy atom. The summed E-state index contributed by atoms with van der Waals surface area (Å²) < 4.78 is 40.3. The van der Waals surface area contributed by atoms with E-state index in [4.69, 9.17) is 33.2 Å². The van der Waals surface area contributed by atoms with Gasteiger partial charge in [0.1, 0.15) is 54.7 Å². The summed E-state index contributed by atoms with van der Waals surface area (Å²) in [6.45, 7) is 15.2. The van der Waals surface area contributed by atoms with E-state index in [-0.39, 0.29) is 41.8 Å². The predicted octanol–water partition coefficient (Wildman–Crippen LogP) is 3.22. The van der Waals surface area contributed by atoms with Gasteiger partial charge in [-0.3, -0.25) is 19.2 Å². The number of carbonyl (C=O) groups excluding carboxylic acids is 7. The number of nitrogens with one attached hydrogen (secondary N) is 3. The minimum Gasteiger partial charge on any atom is -0.467 e. The molecule has 0 radical (unpaired) electrons. The fourth-order valence-electron chi connectivity index (χ4n) is 16.1. The molecule has 6 fully saturated rings. The summed E-state index contributed by atoms with van der Waals surface area (Å²) in [5, 5.41) is 65.7. The number of methoxy groups -OCH3 is 3. The Morgan fingerprint density at radius 1 is 0.612 bits per heavy atom. The van der Waals surface area contributed by atoms with Gasteiger partial charge in [-0.25, -0.2) is 14.4 Å². The quantitative estimate of drug-likeness (QED) is 0.0438. The molecule has 5 aliphatic carbocycles. The maximum Gasteiger partial charge on any atom is 0.328 e. The van der Waals surface area contributed by atoms with E-state index in [1.165, 1.54) is 37.7 Å². The van der Waals surface area contributed by atoms with E-state index in [0.29, 0.717) is 62.2 Å². The lowest BCUT2D eigenvalue weighted by Crippen LogP contribution is -2.69. The standard InChI is InChI=1S/C60H95N3O19S3/c1-55(2)36-14-20-60(7)46(35(64)28-30-31-29-57(4,22-21-56(31,3)23-24-59(30,60)6)54(75)63-34(18-27-85-13)51(74)78-10)58(36,5)19-15-37(55)79-53-45(41(68)40(67)44(81-53)48(71)62-33(17-26-84-12)50(73)77-9)82-52-42(69)38(65)39(66)43(80-52)47(70)61-32(16-25-83-11)49(72)76-8/h28,31-34,36-46,52-53,65-69H,14-27,29H2,1-13H3,(H,61,70)(H,62,71)(H,63,75)/t31?,32?,33?,34?,36?,37?,38-,39-,40-,41-,42+,43-,44-,45+,46?,52-,53+,56+,57-,58-,59+,60+/m0/s1. The summed E-state index contributed by atoms with van der Waals surface area (Å²) in [6, 6.07) is -3.11. The van der Waals surface area contributed by atoms with Gasteiger partial charge in [0.05, 0.1) is 27.4 Å². The summed E-state index contributed by atoms with van der Waals surface area (Å²) in [7, 11) is 3.63. The number of allylic oxidation sites excluding steroid dienone is 2. The first-order valence-corrected chi connectivity index (χ1v) is 34.0. The summed E-state index contributed by atoms with van der Waals surface area (Å²) >= 11 is 4.41. The Hall–Kier alpha value is -3.08. The zero-order chi connectivity index (χ0) is 62.9. The first-order chi connectivity index (χ1) is 39.9. The molecule has 85 heavy (non-hydrogen) atoms. The van der Waals surface area contributed by atoms with Crippen molar-refractivity contribution >= 4 is 76.7 Å². The maximum absolute atomic E-state index is 15.5. The summed E-state index contributed by atoms with van der Waals surface area (Å²) in [4.78, 5) is 96.3. The lowest BCUT2D eigenvalue weighted by Gasteiger charge is -2.70. The van der Waals surface area contributed by atoms with E-state index in [1.807, 2.05) is 39.4 Å². The Balaban J connectivity index is 1.18. The molecule has 3 amide bonds. The second-order valence-electron chi connectivity index (χ2n) is 26.7. The van der Waals surface area contributed by atoms with Crippen molar-refractivity contribution in [2.45, 2.75) is 211 Å². The number of aliphatic hydroxyl groups excluding tert-OH is 5. The number of carbonyl (C=O) groups is 7. The SMILES string of the molecule is COC(=O)C(CCSC)NC(=O)[C@H]1O[C@@H](O[C@H]2[C@H](OC3CC[C@@]4(C)C(CC[C@]5(C)C4C(=O)C=C4C6C[C@@](C)(C(=O)NC(CCSC)C(=O)OC)CC[C@]6(C)CC[C@]45C)C3(C)C)O[C@H](C(=O)NC(CCSC)C(=O)OC)[C@@H](O)[C@@H]2O)[C@H](O)[C@@H](O)[C@@H]1O. The number of fused-ring (bicyclic) bond motifs is 7. The molecule has 482 valence electrons. The molecule has 7 aliphatic rings. The highest BCUT2D eigenvalue weighted by atomic mass is 32.2. The lowest BCUT2D eigenvalue weighted by atomic mass is 9.33. The van der Waals surface area contributed by atoms with Gasteiger partial charge in [0, 0.05) is 11.3 Å². The average molecular weight is 1260 g/mol. The smallest absolute Gasteiger partial charge is 0.328 e. The zero-order valence-corrected chi connectivity index (χ0v) is 54.1. The molecule has 4 saturated carbocycles. The molecule has 2 saturated heterocycles. The van der Waals surface area contributed by atoms with Gasteiger partial charge >= 0.3 is 17.9 Å². The van der Waals surface area contributed by atoms with Gasteiger partial charge in [0.15, 0.2) is 30.6 Å². The molecular weight excluding hydrogens is 1160 g/mol. The highest BCUT2D eigenvalue weighted by Crippen LogP contribution is 2.75. The van der Waals surface area contributed by atoms with Crippen LogP contribution in [0.2, 0.25) is 0 Å². The third kappa shape index (κ3) is 13.3. The molecule has 0 aromatic rings. The molecule has 2 aliphatic heterocycles. The van der Waals surface area contributed by atoms with Gasteiger partial charge in [0.25, 0.3) is 11.8 Å². The van der Waals surface area contributed by atoms with Gasteiger partial charge < -0.3 is 74.6 Å². The van der Waals surface area contributed by atoms with Crippen LogP contribution in [0.1, 0.15) is 126 Å².